The highest BCUT2D eigenvalue weighted by Crippen LogP contribution is 2.33. The molecule has 0 N–H and O–H groups in total. The molecule has 0 heterocycles. The molecule has 1 rings (SSSR count). The van der Waals surface area contributed by atoms with E-state index in [-0.39, 0.29) is 0 Å². The zero-order valence-electron chi connectivity index (χ0n) is 10.2. The molecule has 2 unspecified atom stereocenters. The van der Waals surface area contributed by atoms with Crippen LogP contribution in [-0.4, -0.2) is 5.16 Å². The van der Waals surface area contributed by atoms with Crippen molar-refractivity contribution in [2.24, 2.45) is 5.92 Å². The molecule has 84 valence electrons. The van der Waals surface area contributed by atoms with Gasteiger partial charge >= 0.3 is 0 Å². The zero-order chi connectivity index (χ0) is 11.3. The summed E-state index contributed by atoms with van der Waals surface area (Å²) in [5.41, 5.74) is 1.46. The van der Waals surface area contributed by atoms with Crippen LogP contribution in [0.25, 0.3) is 0 Å². The van der Waals surface area contributed by atoms with Crippen molar-refractivity contribution in [1.82, 2.24) is 0 Å². The molecule has 0 nitrogen and oxygen atoms in total. The molecule has 0 aliphatic heterocycles. The summed E-state index contributed by atoms with van der Waals surface area (Å²) in [4.78, 5) is 0. The van der Waals surface area contributed by atoms with Crippen LogP contribution in [0, 0.1) is 5.92 Å². The summed E-state index contributed by atoms with van der Waals surface area (Å²) >= 11 is 0. The minimum absolute atomic E-state index is 0.339. The van der Waals surface area contributed by atoms with E-state index in [4.69, 9.17) is 0 Å². The van der Waals surface area contributed by atoms with Gasteiger partial charge in [0.1, 0.15) is 0 Å². The van der Waals surface area contributed by atoms with E-state index < -0.39 is 0 Å². The van der Waals surface area contributed by atoms with Gasteiger partial charge in [-0.15, -0.1) is 9.24 Å². The average molecular weight is 222 g/mol. The molecule has 0 amide bonds. The third kappa shape index (κ3) is 4.34. The Hall–Kier alpha value is -0.350. The van der Waals surface area contributed by atoms with Gasteiger partial charge < -0.3 is 0 Å². The molecule has 0 spiro atoms. The second-order valence-electron chi connectivity index (χ2n) is 5.00. The van der Waals surface area contributed by atoms with Crippen molar-refractivity contribution in [2.75, 3.05) is 0 Å². The molecule has 0 aromatic heterocycles. The maximum absolute atomic E-state index is 3.00. The monoisotopic (exact) mass is 222 g/mol. The first-order valence-electron chi connectivity index (χ1n) is 5.87. The van der Waals surface area contributed by atoms with Gasteiger partial charge in [0.15, 0.2) is 0 Å². The Morgan fingerprint density at radius 2 is 1.80 bits per heavy atom. The molecular weight excluding hydrogens is 199 g/mol. The third-order valence-electron chi connectivity index (χ3n) is 3.01. The second-order valence-corrected chi connectivity index (χ2v) is 6.48. The first-order valence-corrected chi connectivity index (χ1v) is 6.44. The Balaban J connectivity index is 2.67. The van der Waals surface area contributed by atoms with Crippen molar-refractivity contribution in [2.45, 2.75) is 45.2 Å². The summed E-state index contributed by atoms with van der Waals surface area (Å²) in [6.07, 6.45) is 3.78. The van der Waals surface area contributed by atoms with Crippen LogP contribution in [0.1, 0.15) is 39.2 Å². The van der Waals surface area contributed by atoms with Gasteiger partial charge in [0.25, 0.3) is 0 Å². The maximum Gasteiger partial charge on any atom is -0.0175 e. The molecule has 0 aliphatic carbocycles. The van der Waals surface area contributed by atoms with Gasteiger partial charge in [0.05, 0.1) is 0 Å². The van der Waals surface area contributed by atoms with E-state index in [0.29, 0.717) is 5.16 Å². The van der Waals surface area contributed by atoms with E-state index in [1.54, 1.807) is 0 Å². The fraction of sp³-hybridized carbons (Fsp3) is 0.571. The van der Waals surface area contributed by atoms with Crippen LogP contribution in [0.5, 0.6) is 0 Å². The molecule has 0 fully saturated rings. The topological polar surface area (TPSA) is 0 Å². The maximum atomic E-state index is 3.00. The summed E-state index contributed by atoms with van der Waals surface area (Å²) in [5.74, 6) is 0.759. The lowest BCUT2D eigenvalue weighted by molar-refractivity contribution is 0.388. The van der Waals surface area contributed by atoms with Crippen molar-refractivity contribution in [3.63, 3.8) is 0 Å². The molecule has 1 heteroatoms. The summed E-state index contributed by atoms with van der Waals surface area (Å²) < 4.78 is 0. The molecule has 2 atom stereocenters. The summed E-state index contributed by atoms with van der Waals surface area (Å²) in [6, 6.07) is 10.8. The van der Waals surface area contributed by atoms with Gasteiger partial charge in [-0.05, 0) is 29.5 Å². The van der Waals surface area contributed by atoms with E-state index in [9.17, 15) is 0 Å². The van der Waals surface area contributed by atoms with Crippen LogP contribution < -0.4 is 0 Å². The van der Waals surface area contributed by atoms with Crippen molar-refractivity contribution in [3.8, 4) is 0 Å². The minimum Gasteiger partial charge on any atom is -0.131 e. The summed E-state index contributed by atoms with van der Waals surface area (Å²) in [6.45, 7) is 6.91. The fourth-order valence-electron chi connectivity index (χ4n) is 1.98. The predicted molar refractivity (Wildman–Crippen MR) is 72.3 cm³/mol. The Kier molecular flexibility index (Phi) is 4.80. The van der Waals surface area contributed by atoms with Crippen LogP contribution >= 0.6 is 9.24 Å². The highest BCUT2D eigenvalue weighted by Gasteiger charge is 2.23. The average Bonchev–Trinajstić information content (AvgIpc) is 2.17. The number of hydrogen-bond donors (Lipinski definition) is 0. The Bertz CT molecular complexity index is 271. The molecule has 0 radical (unpaired) electrons. The van der Waals surface area contributed by atoms with Crippen molar-refractivity contribution in [1.29, 1.82) is 0 Å². The third-order valence-corrected chi connectivity index (χ3v) is 3.49. The van der Waals surface area contributed by atoms with E-state index in [1.165, 1.54) is 24.8 Å². The minimum atomic E-state index is 0.339. The number of rotatable bonds is 5. The molecule has 0 aliphatic rings. The Morgan fingerprint density at radius 1 is 1.20 bits per heavy atom. The van der Waals surface area contributed by atoms with E-state index >= 15 is 0 Å². The highest BCUT2D eigenvalue weighted by molar-refractivity contribution is 7.18. The molecule has 0 saturated carbocycles. The molecule has 0 saturated heterocycles. The van der Waals surface area contributed by atoms with Crippen LogP contribution in [0.4, 0.5) is 0 Å². The van der Waals surface area contributed by atoms with Gasteiger partial charge in [-0.2, -0.15) is 0 Å². The molecule has 15 heavy (non-hydrogen) atoms. The lowest BCUT2D eigenvalue weighted by atomic mass is 9.85. The van der Waals surface area contributed by atoms with Gasteiger partial charge in [0.2, 0.25) is 0 Å². The van der Waals surface area contributed by atoms with E-state index in [2.05, 4.69) is 60.3 Å². The normalized spacial score (nSPS) is 13.9. The van der Waals surface area contributed by atoms with Crippen LogP contribution in [0.2, 0.25) is 0 Å². The number of hydrogen-bond acceptors (Lipinski definition) is 0. The summed E-state index contributed by atoms with van der Waals surface area (Å²) in [7, 11) is 3.00. The highest BCUT2D eigenvalue weighted by atomic mass is 31.0. The van der Waals surface area contributed by atoms with Crippen molar-refractivity contribution in [3.05, 3.63) is 35.9 Å². The Morgan fingerprint density at radius 3 is 2.27 bits per heavy atom. The quantitative estimate of drug-likeness (QED) is 0.652. The van der Waals surface area contributed by atoms with Gasteiger partial charge in [0, 0.05) is 0 Å². The SMILES string of the molecule is CCCC(Cc1ccccc1)C(C)(C)P. The van der Waals surface area contributed by atoms with Gasteiger partial charge in [-0.3, -0.25) is 0 Å². The largest absolute Gasteiger partial charge is 0.131 e. The zero-order valence-corrected chi connectivity index (χ0v) is 11.3. The van der Waals surface area contributed by atoms with Gasteiger partial charge in [-0.25, -0.2) is 0 Å². The lowest BCUT2D eigenvalue weighted by Gasteiger charge is -2.30. The van der Waals surface area contributed by atoms with Crippen LogP contribution in [0.15, 0.2) is 30.3 Å². The standard InChI is InChI=1S/C14H23P/c1-4-8-13(14(2,3)15)11-12-9-6-5-7-10-12/h5-7,9-10,13H,4,8,11,15H2,1-3H3. The number of benzene rings is 1. The first-order chi connectivity index (χ1) is 7.04. The fourth-order valence-corrected chi connectivity index (χ4v) is 2.27. The van der Waals surface area contributed by atoms with E-state index in [1.807, 2.05) is 0 Å². The summed E-state index contributed by atoms with van der Waals surface area (Å²) in [5, 5.41) is 0.339. The first kappa shape index (κ1) is 12.7. The smallest absolute Gasteiger partial charge is 0.0175 e. The molecule has 1 aromatic rings. The van der Waals surface area contributed by atoms with Crippen molar-refractivity contribution >= 4 is 9.24 Å². The van der Waals surface area contributed by atoms with Crippen molar-refractivity contribution < 1.29 is 0 Å². The van der Waals surface area contributed by atoms with E-state index in [0.717, 1.165) is 5.92 Å². The van der Waals surface area contributed by atoms with Gasteiger partial charge in [-0.1, -0.05) is 57.5 Å². The Labute approximate surface area is 96.7 Å². The second kappa shape index (κ2) is 5.66. The van der Waals surface area contributed by atoms with Crippen LogP contribution in [-0.2, 0) is 6.42 Å². The van der Waals surface area contributed by atoms with Crippen LogP contribution in [0.3, 0.4) is 0 Å². The molecular formula is C14H23P. The molecule has 1 aromatic carbocycles. The molecule has 0 bridgehead atoms. The lowest BCUT2D eigenvalue weighted by Crippen LogP contribution is -2.25. The predicted octanol–water partition coefficient (Wildman–Crippen LogP) is 4.30.